The van der Waals surface area contributed by atoms with Crippen molar-refractivity contribution in [2.24, 2.45) is 0 Å². The van der Waals surface area contributed by atoms with Crippen molar-refractivity contribution in [2.75, 3.05) is 33.4 Å². The Balaban J connectivity index is 1.86. The van der Waals surface area contributed by atoms with E-state index in [0.717, 1.165) is 24.9 Å². The van der Waals surface area contributed by atoms with Crippen molar-refractivity contribution in [3.8, 4) is 0 Å². The van der Waals surface area contributed by atoms with Crippen LogP contribution in [0.3, 0.4) is 0 Å². The molecule has 0 saturated carbocycles. The van der Waals surface area contributed by atoms with E-state index in [0.29, 0.717) is 17.4 Å². The van der Waals surface area contributed by atoms with Gasteiger partial charge in [0, 0.05) is 5.69 Å². The van der Waals surface area contributed by atoms with Crippen LogP contribution in [0.2, 0.25) is 0 Å². The number of rotatable bonds is 23. The molecule has 1 aromatic carbocycles. The molecule has 0 amide bonds. The Morgan fingerprint density at radius 2 is 1.22 bits per heavy atom. The molecule has 0 bridgehead atoms. The summed E-state index contributed by atoms with van der Waals surface area (Å²) in [6.07, 6.45) is 21.9. The van der Waals surface area contributed by atoms with Gasteiger partial charge in [-0.15, -0.1) is 0 Å². The first-order valence-corrected chi connectivity index (χ1v) is 15.9. The molecule has 6 nitrogen and oxygen atoms in total. The van der Waals surface area contributed by atoms with Crippen LogP contribution in [0.25, 0.3) is 0 Å². The molecule has 0 radical (unpaired) electrons. The van der Waals surface area contributed by atoms with Gasteiger partial charge >= 0.3 is 0 Å². The third-order valence-corrected chi connectivity index (χ3v) is 7.38. The molecule has 0 aliphatic carbocycles. The first-order valence-electron chi connectivity index (χ1n) is 14.4. The number of benzene rings is 1. The van der Waals surface area contributed by atoms with Crippen molar-refractivity contribution in [3.05, 3.63) is 29.8 Å². The highest BCUT2D eigenvalue weighted by molar-refractivity contribution is 7.44. The molecule has 36 heavy (non-hydrogen) atoms. The zero-order chi connectivity index (χ0) is 26.7. The second kappa shape index (κ2) is 19.2. The van der Waals surface area contributed by atoms with Gasteiger partial charge < -0.3 is 24.5 Å². The molecule has 1 rings (SSSR count). The van der Waals surface area contributed by atoms with E-state index in [1.165, 1.54) is 95.5 Å². The van der Waals surface area contributed by atoms with Crippen LogP contribution in [-0.2, 0) is 15.5 Å². The Bertz CT molecular complexity index is 717. The second-order valence-electron chi connectivity index (χ2n) is 11.6. The topological polar surface area (TPSA) is 95.6 Å². The molecule has 210 valence electrons. The molecule has 0 aliphatic rings. The van der Waals surface area contributed by atoms with Crippen molar-refractivity contribution in [2.45, 2.75) is 122 Å². The Labute approximate surface area is 221 Å². The van der Waals surface area contributed by atoms with E-state index in [1.54, 1.807) is 0 Å². The summed E-state index contributed by atoms with van der Waals surface area (Å²) < 4.78 is 16.6. The largest absolute Gasteiger partial charge is 0.756 e. The number of phosphoric ester groups is 1. The third-order valence-electron chi connectivity index (χ3n) is 6.81. The summed E-state index contributed by atoms with van der Waals surface area (Å²) in [4.78, 5) is 20.1. The lowest BCUT2D eigenvalue weighted by molar-refractivity contribution is -0.873. The number of nitrogen functional groups attached to an aromatic ring is 1. The molecule has 2 unspecified atom stereocenters. The van der Waals surface area contributed by atoms with Crippen LogP contribution in [0.5, 0.6) is 0 Å². The van der Waals surface area contributed by atoms with Gasteiger partial charge in [0.25, 0.3) is 7.82 Å². The highest BCUT2D eigenvalue weighted by atomic mass is 31.2. The zero-order valence-corrected chi connectivity index (χ0v) is 24.4. The lowest BCUT2D eigenvalue weighted by atomic mass is 10.0. The van der Waals surface area contributed by atoms with Gasteiger partial charge in [0.2, 0.25) is 0 Å². The number of likely N-dealkylation sites (N-methyl/N-ethyl adjacent to an activating group) is 1. The molecule has 0 heterocycles. The van der Waals surface area contributed by atoms with E-state index in [1.807, 2.05) is 33.3 Å². The van der Waals surface area contributed by atoms with Gasteiger partial charge in [-0.2, -0.15) is 0 Å². The summed E-state index contributed by atoms with van der Waals surface area (Å²) >= 11 is 0. The normalized spacial score (nSPS) is 14.6. The van der Waals surface area contributed by atoms with Gasteiger partial charge in [0.05, 0.1) is 21.1 Å². The Morgan fingerprint density at radius 1 is 0.806 bits per heavy atom. The number of aryl methyl sites for hydroxylation is 1. The molecular weight excluding hydrogens is 471 g/mol. The minimum atomic E-state index is -4.68. The molecule has 2 atom stereocenters. The Kier molecular flexibility index (Phi) is 17.7. The zero-order valence-electron chi connectivity index (χ0n) is 23.5. The fourth-order valence-corrected chi connectivity index (χ4v) is 5.45. The van der Waals surface area contributed by atoms with Crippen LogP contribution in [0.1, 0.15) is 115 Å². The van der Waals surface area contributed by atoms with E-state index in [2.05, 4.69) is 12.1 Å². The number of hydrogen-bond acceptors (Lipinski definition) is 4. The van der Waals surface area contributed by atoms with Gasteiger partial charge in [0.1, 0.15) is 12.6 Å². The average Bonchev–Trinajstić information content (AvgIpc) is 2.77. The summed E-state index contributed by atoms with van der Waals surface area (Å²) in [7, 11) is 1.31. The number of phosphoric acid groups is 1. The number of nitrogens with two attached hydrogens (primary N) is 1. The number of hydrogen-bond donors (Lipinski definition) is 2. The van der Waals surface area contributed by atoms with Crippen LogP contribution >= 0.6 is 7.82 Å². The fraction of sp³-hybridized carbons (Fsp3) is 0.793. The van der Waals surface area contributed by atoms with Gasteiger partial charge in [0.15, 0.2) is 0 Å². The average molecular weight is 527 g/mol. The van der Waals surface area contributed by atoms with Crippen molar-refractivity contribution in [3.63, 3.8) is 0 Å². The summed E-state index contributed by atoms with van der Waals surface area (Å²) in [5.41, 5.74) is 8.24. The van der Waals surface area contributed by atoms with Crippen molar-refractivity contribution in [1.29, 1.82) is 0 Å². The molecular formula is C29H55N2O4P. The van der Waals surface area contributed by atoms with E-state index in [9.17, 15) is 9.46 Å². The number of para-hydroxylation sites is 1. The minimum Gasteiger partial charge on any atom is -0.756 e. The molecule has 0 saturated heterocycles. The maximum Gasteiger partial charge on any atom is 0.265 e. The minimum absolute atomic E-state index is 0.446. The van der Waals surface area contributed by atoms with E-state index >= 15 is 0 Å². The van der Waals surface area contributed by atoms with E-state index < -0.39 is 13.9 Å². The monoisotopic (exact) mass is 526 g/mol. The quantitative estimate of drug-likeness (QED) is 0.0693. The second-order valence-corrected chi connectivity index (χ2v) is 12.7. The van der Waals surface area contributed by atoms with Crippen LogP contribution in [-0.4, -0.2) is 43.2 Å². The first kappa shape index (κ1) is 33.1. The SMILES string of the molecule is C[N+](C)(C)CC(CCCCCCCCCCCCCCCCCCc1ccccc1N)OP(=O)([O-])O. The molecule has 7 heteroatoms. The number of unbranched alkanes of at least 4 members (excludes halogenated alkanes) is 15. The van der Waals surface area contributed by atoms with Crippen LogP contribution in [0.4, 0.5) is 5.69 Å². The summed E-state index contributed by atoms with van der Waals surface area (Å²) in [5.74, 6) is 0. The van der Waals surface area contributed by atoms with E-state index in [4.69, 9.17) is 15.2 Å². The maximum atomic E-state index is 11.1. The fourth-order valence-electron chi connectivity index (χ4n) is 4.90. The van der Waals surface area contributed by atoms with Crippen molar-refractivity contribution < 1.29 is 23.4 Å². The van der Waals surface area contributed by atoms with Crippen molar-refractivity contribution in [1.82, 2.24) is 0 Å². The van der Waals surface area contributed by atoms with Gasteiger partial charge in [-0.1, -0.05) is 115 Å². The highest BCUT2D eigenvalue weighted by Crippen LogP contribution is 2.34. The van der Waals surface area contributed by atoms with Crippen LogP contribution < -0.4 is 10.6 Å². The summed E-state index contributed by atoms with van der Waals surface area (Å²) in [5, 5.41) is 0. The smallest absolute Gasteiger partial charge is 0.265 e. The molecule has 3 N–H and O–H groups in total. The van der Waals surface area contributed by atoms with Crippen LogP contribution in [0.15, 0.2) is 24.3 Å². The maximum absolute atomic E-state index is 11.1. The molecule has 0 aliphatic heterocycles. The van der Waals surface area contributed by atoms with Gasteiger partial charge in [-0.25, -0.2) is 0 Å². The number of quaternary nitrogens is 1. The highest BCUT2D eigenvalue weighted by Gasteiger charge is 2.22. The lowest BCUT2D eigenvalue weighted by Crippen LogP contribution is -2.42. The predicted molar refractivity (Wildman–Crippen MR) is 151 cm³/mol. The Morgan fingerprint density at radius 3 is 1.64 bits per heavy atom. The number of nitrogens with zero attached hydrogens (tertiary/aromatic N) is 1. The van der Waals surface area contributed by atoms with Gasteiger partial charge in [-0.3, -0.25) is 4.57 Å². The standard InChI is InChI=1S/C29H55N2O4P/c1-31(2,3)26-28(35-36(32,33)34)24-19-17-15-13-11-9-7-5-4-6-8-10-12-14-16-18-22-27-23-20-21-25-29(27)30/h20-21,23,25,28H,4-19,22,24,26,30H2,1-3H3,(H-,32,33,34). The van der Waals surface area contributed by atoms with Crippen LogP contribution in [0, 0.1) is 0 Å². The molecule has 0 spiro atoms. The Hall–Kier alpha value is -0.910. The van der Waals surface area contributed by atoms with E-state index in [-0.39, 0.29) is 0 Å². The van der Waals surface area contributed by atoms with Gasteiger partial charge in [-0.05, 0) is 30.9 Å². The third kappa shape index (κ3) is 20.2. The molecule has 1 aromatic rings. The summed E-state index contributed by atoms with van der Waals surface area (Å²) in [6.45, 7) is 0.567. The molecule has 0 aromatic heterocycles. The molecule has 0 fully saturated rings. The number of anilines is 1. The summed E-state index contributed by atoms with van der Waals surface area (Å²) in [6, 6.07) is 8.22. The van der Waals surface area contributed by atoms with Crippen molar-refractivity contribution >= 4 is 13.5 Å². The first-order chi connectivity index (χ1) is 17.1. The predicted octanol–water partition coefficient (Wildman–Crippen LogP) is 7.00. The lowest BCUT2D eigenvalue weighted by Gasteiger charge is -2.31.